The highest BCUT2D eigenvalue weighted by Gasteiger charge is 2.13. The fourth-order valence-electron chi connectivity index (χ4n) is 2.90. The lowest BCUT2D eigenvalue weighted by Gasteiger charge is -2.12. The minimum atomic E-state index is -0.445. The molecule has 1 heterocycles. The Balaban J connectivity index is 0.00000154. The first kappa shape index (κ1) is 30.1. The second-order valence-electron chi connectivity index (χ2n) is 6.79. The monoisotopic (exact) mass is 461 g/mol. The molecule has 0 saturated heterocycles. The third-order valence-electron chi connectivity index (χ3n) is 4.08. The zero-order valence-corrected chi connectivity index (χ0v) is 21.2. The van der Waals surface area contributed by atoms with Gasteiger partial charge in [0.15, 0.2) is 0 Å². The number of benzene rings is 1. The molecule has 6 nitrogen and oxygen atoms in total. The second-order valence-corrected chi connectivity index (χ2v) is 6.79. The molecule has 0 fully saturated rings. The molecule has 0 spiro atoms. The van der Waals surface area contributed by atoms with Gasteiger partial charge in [0, 0.05) is 44.8 Å². The van der Waals surface area contributed by atoms with Crippen LogP contribution in [0.4, 0.5) is 15.0 Å². The number of halogens is 1. The average Bonchev–Trinajstić information content (AvgIpc) is 3.13. The van der Waals surface area contributed by atoms with Crippen molar-refractivity contribution in [2.45, 2.75) is 40.7 Å². The quantitative estimate of drug-likeness (QED) is 0.413. The van der Waals surface area contributed by atoms with Gasteiger partial charge in [-0.25, -0.2) is 4.79 Å². The Bertz CT molecular complexity index is 840. The van der Waals surface area contributed by atoms with E-state index in [-0.39, 0.29) is 0 Å². The Morgan fingerprint density at radius 1 is 1.21 bits per heavy atom. The molecule has 0 aliphatic rings. The van der Waals surface area contributed by atoms with Crippen LogP contribution in [0.15, 0.2) is 43.0 Å². The van der Waals surface area contributed by atoms with E-state index >= 15 is 0 Å². The van der Waals surface area contributed by atoms with Crippen molar-refractivity contribution in [2.24, 2.45) is 0 Å². The molecule has 1 aromatic heterocycles. The van der Waals surface area contributed by atoms with Gasteiger partial charge in [-0.05, 0) is 48.7 Å². The molecule has 7 heteroatoms. The third kappa shape index (κ3) is 11.0. The summed E-state index contributed by atoms with van der Waals surface area (Å²) < 4.78 is 23.2. The fourth-order valence-corrected chi connectivity index (χ4v) is 2.90. The first-order valence-corrected chi connectivity index (χ1v) is 11.3. The molecule has 0 saturated carbocycles. The van der Waals surface area contributed by atoms with Gasteiger partial charge in [-0.15, -0.1) is 4.48 Å². The van der Waals surface area contributed by atoms with E-state index in [4.69, 9.17) is 9.47 Å². The van der Waals surface area contributed by atoms with Gasteiger partial charge in [-0.2, -0.15) is 5.12 Å². The van der Waals surface area contributed by atoms with Gasteiger partial charge >= 0.3 is 6.09 Å². The van der Waals surface area contributed by atoms with Crippen LogP contribution in [0.2, 0.25) is 0 Å². The first-order chi connectivity index (χ1) is 15.9. The summed E-state index contributed by atoms with van der Waals surface area (Å²) in [6.07, 6.45) is 6.53. The minimum absolute atomic E-state index is 0.345. The summed E-state index contributed by atoms with van der Waals surface area (Å²) in [5.74, 6) is 0. The highest BCUT2D eigenvalue weighted by Crippen LogP contribution is 2.29. The molecule has 0 radical (unpaired) electrons. The summed E-state index contributed by atoms with van der Waals surface area (Å²) in [7, 11) is 4.35. The zero-order chi connectivity index (χ0) is 25.2. The number of nitrogens with zero attached hydrogens (tertiary/aromatic N) is 2. The van der Waals surface area contributed by atoms with Gasteiger partial charge < -0.3 is 14.0 Å². The van der Waals surface area contributed by atoms with E-state index in [1.54, 1.807) is 14.0 Å². The minimum Gasteiger partial charge on any atom is -0.450 e. The molecule has 1 amide bonds. The van der Waals surface area contributed by atoms with E-state index in [9.17, 15) is 9.28 Å². The molecule has 0 unspecified atom stereocenters. The number of amides is 1. The second kappa shape index (κ2) is 17.6. The molecule has 0 atom stereocenters. The summed E-state index contributed by atoms with van der Waals surface area (Å²) in [5.41, 5.74) is 5.10. The summed E-state index contributed by atoms with van der Waals surface area (Å²) in [5, 5.41) is 3.21. The van der Waals surface area contributed by atoms with E-state index in [2.05, 4.69) is 35.5 Å². The number of nitrogens with one attached hydrogen (secondary N) is 1. The normalized spacial score (nSPS) is 10.2. The molecule has 33 heavy (non-hydrogen) atoms. The smallest absolute Gasteiger partial charge is 0.411 e. The molecular formula is C26H40FN3O3. The lowest BCUT2D eigenvalue weighted by molar-refractivity contribution is 0.0977. The summed E-state index contributed by atoms with van der Waals surface area (Å²) >= 11 is 0. The van der Waals surface area contributed by atoms with Gasteiger partial charge in [0.1, 0.15) is 0 Å². The van der Waals surface area contributed by atoms with Gasteiger partial charge in [-0.1, -0.05) is 51.6 Å². The van der Waals surface area contributed by atoms with Crippen LogP contribution in [0.1, 0.15) is 45.4 Å². The summed E-state index contributed by atoms with van der Waals surface area (Å²) in [6, 6.07) is 9.90. The predicted octanol–water partition coefficient (Wildman–Crippen LogP) is 6.89. The Hall–Kier alpha value is -2.90. The summed E-state index contributed by atoms with van der Waals surface area (Å²) in [4.78, 5) is 11.6. The Kier molecular flexibility index (Phi) is 16.1. The molecule has 184 valence electrons. The number of rotatable bonds is 9. The molecule has 1 N–H and O–H groups in total. The van der Waals surface area contributed by atoms with Crippen LogP contribution in [0.5, 0.6) is 0 Å². The van der Waals surface area contributed by atoms with Crippen molar-refractivity contribution in [1.29, 1.82) is 0 Å². The lowest BCUT2D eigenvalue weighted by atomic mass is 10.1. The molecule has 2 aromatic rings. The number of hydrogen-bond donors (Lipinski definition) is 1. The SMILES string of the molecule is C=Cc1cc(-c2ccc(NC(=O)OCC)cc2)n(CCC)c1/C=C\COC.CC.CN(C)F. The maximum atomic E-state index is 11.6. The maximum Gasteiger partial charge on any atom is 0.411 e. The van der Waals surface area contributed by atoms with Crippen molar-refractivity contribution in [1.82, 2.24) is 9.69 Å². The van der Waals surface area contributed by atoms with Crippen molar-refractivity contribution < 1.29 is 18.7 Å². The topological polar surface area (TPSA) is 55.7 Å². The van der Waals surface area contributed by atoms with E-state index < -0.39 is 6.09 Å². The first-order valence-electron chi connectivity index (χ1n) is 11.3. The van der Waals surface area contributed by atoms with Crippen LogP contribution in [-0.4, -0.2) is 50.2 Å². The fraction of sp³-hybridized carbons (Fsp3) is 0.423. The Morgan fingerprint density at radius 3 is 2.30 bits per heavy atom. The number of ether oxygens (including phenoxy) is 2. The number of hydrogen-bond acceptors (Lipinski definition) is 4. The van der Waals surface area contributed by atoms with Crippen molar-refractivity contribution in [2.75, 3.05) is 39.7 Å². The van der Waals surface area contributed by atoms with E-state index in [0.717, 1.165) is 35.5 Å². The van der Waals surface area contributed by atoms with Gasteiger partial charge in [0.2, 0.25) is 0 Å². The third-order valence-corrected chi connectivity index (χ3v) is 4.08. The van der Waals surface area contributed by atoms with E-state index in [0.29, 0.717) is 24.0 Å². The van der Waals surface area contributed by atoms with Gasteiger partial charge in [-0.3, -0.25) is 5.32 Å². The molecule has 0 bridgehead atoms. The molecule has 2 rings (SSSR count). The number of methoxy groups -OCH3 is 1. The van der Waals surface area contributed by atoms with Crippen molar-refractivity contribution >= 4 is 23.9 Å². The average molecular weight is 462 g/mol. The standard InChI is InChI=1S/C22H28N2O3.C2H6FN.C2H6/c1-5-14-24-20(9-8-15-26-4)17(6-2)16-21(24)18-10-12-19(13-11-18)23-22(25)27-7-3;1-4(2)3;1-2/h6,8-13,16H,2,5,7,14-15H2,1,3-4H3,(H,23,25);1-2H3;1-2H3/b9-8-;;. The van der Waals surface area contributed by atoms with Crippen molar-refractivity contribution in [3.63, 3.8) is 0 Å². The summed E-state index contributed by atoms with van der Waals surface area (Å²) in [6.45, 7) is 13.7. The number of aromatic nitrogens is 1. The van der Waals surface area contributed by atoms with Crippen LogP contribution in [0.3, 0.4) is 0 Å². The molecule has 0 aliphatic heterocycles. The zero-order valence-electron chi connectivity index (χ0n) is 21.2. The highest BCUT2D eigenvalue weighted by atomic mass is 19.2. The van der Waals surface area contributed by atoms with Crippen LogP contribution in [-0.2, 0) is 16.0 Å². The molecule has 0 aliphatic carbocycles. The molecular weight excluding hydrogens is 421 g/mol. The number of anilines is 1. The van der Waals surface area contributed by atoms with Crippen molar-refractivity contribution in [3.05, 3.63) is 54.2 Å². The number of carbonyl (C=O) groups excluding carboxylic acids is 1. The van der Waals surface area contributed by atoms with Crippen LogP contribution in [0.25, 0.3) is 23.4 Å². The van der Waals surface area contributed by atoms with E-state index in [1.165, 1.54) is 14.1 Å². The van der Waals surface area contributed by atoms with Gasteiger partial charge in [0.25, 0.3) is 0 Å². The number of carbonyl (C=O) groups is 1. The highest BCUT2D eigenvalue weighted by molar-refractivity contribution is 5.85. The van der Waals surface area contributed by atoms with E-state index in [1.807, 2.05) is 50.3 Å². The predicted molar refractivity (Wildman–Crippen MR) is 138 cm³/mol. The molecule has 1 aromatic carbocycles. The van der Waals surface area contributed by atoms with Gasteiger partial charge in [0.05, 0.1) is 13.2 Å². The Labute approximate surface area is 198 Å². The lowest BCUT2D eigenvalue weighted by Crippen LogP contribution is -2.13. The Morgan fingerprint density at radius 2 is 1.82 bits per heavy atom. The maximum absolute atomic E-state index is 11.6. The van der Waals surface area contributed by atoms with Crippen LogP contribution >= 0.6 is 0 Å². The van der Waals surface area contributed by atoms with Crippen LogP contribution < -0.4 is 5.32 Å². The van der Waals surface area contributed by atoms with Crippen LogP contribution in [0, 0.1) is 0 Å². The largest absolute Gasteiger partial charge is 0.450 e. The van der Waals surface area contributed by atoms with Crippen molar-refractivity contribution in [3.8, 4) is 11.3 Å².